The van der Waals surface area contributed by atoms with Crippen molar-refractivity contribution in [3.8, 4) is 0 Å². The fourth-order valence-corrected chi connectivity index (χ4v) is 3.57. The van der Waals surface area contributed by atoms with E-state index in [0.29, 0.717) is 6.04 Å². The zero-order chi connectivity index (χ0) is 13.7. The summed E-state index contributed by atoms with van der Waals surface area (Å²) in [5, 5.41) is 4.78. The molecular weight excluding hydrogens is 254 g/mol. The van der Waals surface area contributed by atoms with E-state index < -0.39 is 0 Å². The molecule has 4 heteroatoms. The van der Waals surface area contributed by atoms with E-state index in [1.165, 1.54) is 54.5 Å². The van der Waals surface area contributed by atoms with Crippen LogP contribution < -0.4 is 10.2 Å². The third-order valence-electron chi connectivity index (χ3n) is 3.55. The van der Waals surface area contributed by atoms with Crippen LogP contribution in [-0.2, 0) is 13.0 Å². The molecule has 0 unspecified atom stereocenters. The van der Waals surface area contributed by atoms with Gasteiger partial charge in [0, 0.05) is 30.6 Å². The highest BCUT2D eigenvalue weighted by molar-refractivity contribution is 7.15. The summed E-state index contributed by atoms with van der Waals surface area (Å²) in [6.07, 6.45) is 6.31. The van der Waals surface area contributed by atoms with E-state index >= 15 is 0 Å². The summed E-state index contributed by atoms with van der Waals surface area (Å²) in [6, 6.07) is 0.537. The first-order chi connectivity index (χ1) is 9.20. The number of hydrogen-bond donors (Lipinski definition) is 1. The Balaban J connectivity index is 2.08. The highest BCUT2D eigenvalue weighted by atomic mass is 32.1. The lowest BCUT2D eigenvalue weighted by molar-refractivity contribution is 0.576. The molecule has 1 N–H and O–H groups in total. The van der Waals surface area contributed by atoms with Gasteiger partial charge in [-0.1, -0.05) is 27.2 Å². The van der Waals surface area contributed by atoms with Crippen LogP contribution in [0.25, 0.3) is 0 Å². The number of nitrogens with one attached hydrogen (secondary N) is 1. The zero-order valence-corrected chi connectivity index (χ0v) is 13.4. The molecule has 108 valence electrons. The molecule has 0 aliphatic carbocycles. The van der Waals surface area contributed by atoms with Gasteiger partial charge in [0.2, 0.25) is 0 Å². The highest BCUT2D eigenvalue weighted by Crippen LogP contribution is 2.29. The number of rotatable bonds is 6. The number of piperidine rings is 1. The van der Waals surface area contributed by atoms with Crippen molar-refractivity contribution < 1.29 is 0 Å². The molecule has 2 heterocycles. The molecule has 2 rings (SSSR count). The molecular formula is C15H27N3S. The van der Waals surface area contributed by atoms with Crippen LogP contribution in [0, 0.1) is 0 Å². The topological polar surface area (TPSA) is 28.2 Å². The largest absolute Gasteiger partial charge is 0.348 e. The molecule has 0 amide bonds. The SMILES string of the molecule is CCCc1nc(N2CCCCC2)sc1CNC(C)C. The van der Waals surface area contributed by atoms with Crippen LogP contribution in [0.2, 0.25) is 0 Å². The van der Waals surface area contributed by atoms with Crippen molar-refractivity contribution in [3.05, 3.63) is 10.6 Å². The molecule has 19 heavy (non-hydrogen) atoms. The Morgan fingerprint density at radius 3 is 2.63 bits per heavy atom. The average Bonchev–Trinajstić information content (AvgIpc) is 2.81. The summed E-state index contributed by atoms with van der Waals surface area (Å²) in [7, 11) is 0. The van der Waals surface area contributed by atoms with E-state index in [0.717, 1.165) is 13.0 Å². The van der Waals surface area contributed by atoms with Crippen molar-refractivity contribution in [3.63, 3.8) is 0 Å². The van der Waals surface area contributed by atoms with Gasteiger partial charge in [0.05, 0.1) is 5.69 Å². The van der Waals surface area contributed by atoms with Crippen molar-refractivity contribution >= 4 is 16.5 Å². The van der Waals surface area contributed by atoms with Crippen molar-refractivity contribution in [2.45, 2.75) is 65.5 Å². The molecule has 0 atom stereocenters. The predicted molar refractivity (Wildman–Crippen MR) is 84.1 cm³/mol. The Bertz CT molecular complexity index is 381. The Morgan fingerprint density at radius 2 is 2.00 bits per heavy atom. The van der Waals surface area contributed by atoms with Gasteiger partial charge < -0.3 is 10.2 Å². The van der Waals surface area contributed by atoms with Crippen LogP contribution in [0.4, 0.5) is 5.13 Å². The maximum atomic E-state index is 4.91. The minimum Gasteiger partial charge on any atom is -0.348 e. The van der Waals surface area contributed by atoms with Crippen molar-refractivity contribution in [1.29, 1.82) is 0 Å². The first-order valence-corrected chi connectivity index (χ1v) is 8.49. The monoisotopic (exact) mass is 281 g/mol. The molecule has 3 nitrogen and oxygen atoms in total. The molecule has 0 radical (unpaired) electrons. The highest BCUT2D eigenvalue weighted by Gasteiger charge is 2.17. The second kappa shape index (κ2) is 7.25. The van der Waals surface area contributed by atoms with Gasteiger partial charge in [-0.3, -0.25) is 0 Å². The van der Waals surface area contributed by atoms with E-state index in [1.807, 2.05) is 11.3 Å². The van der Waals surface area contributed by atoms with Gasteiger partial charge in [-0.25, -0.2) is 4.98 Å². The van der Waals surface area contributed by atoms with Gasteiger partial charge >= 0.3 is 0 Å². The third-order valence-corrected chi connectivity index (χ3v) is 4.71. The average molecular weight is 281 g/mol. The Morgan fingerprint density at radius 1 is 1.26 bits per heavy atom. The summed E-state index contributed by atoms with van der Waals surface area (Å²) in [4.78, 5) is 8.83. The quantitative estimate of drug-likeness (QED) is 0.864. The molecule has 0 spiro atoms. The second-order valence-corrected chi connectivity index (χ2v) is 6.76. The smallest absolute Gasteiger partial charge is 0.185 e. The van der Waals surface area contributed by atoms with E-state index in [4.69, 9.17) is 4.98 Å². The molecule has 0 aromatic carbocycles. The molecule has 1 aromatic rings. The van der Waals surface area contributed by atoms with Crippen LogP contribution in [0.15, 0.2) is 0 Å². The first kappa shape index (κ1) is 14.8. The maximum Gasteiger partial charge on any atom is 0.185 e. The standard InChI is InChI=1S/C15H27N3S/c1-4-8-13-14(11-16-12(2)3)19-15(17-13)18-9-6-5-7-10-18/h12,16H,4-11H2,1-3H3. The minimum atomic E-state index is 0.537. The molecule has 1 saturated heterocycles. The van der Waals surface area contributed by atoms with Gasteiger partial charge in [0.1, 0.15) is 0 Å². The fraction of sp³-hybridized carbons (Fsp3) is 0.800. The van der Waals surface area contributed by atoms with Crippen molar-refractivity contribution in [2.24, 2.45) is 0 Å². The minimum absolute atomic E-state index is 0.537. The summed E-state index contributed by atoms with van der Waals surface area (Å²) >= 11 is 1.90. The van der Waals surface area contributed by atoms with Gasteiger partial charge in [0.25, 0.3) is 0 Å². The molecule has 1 aliphatic heterocycles. The summed E-state index contributed by atoms with van der Waals surface area (Å²) in [5.74, 6) is 0. The summed E-state index contributed by atoms with van der Waals surface area (Å²) < 4.78 is 0. The Hall–Kier alpha value is -0.610. The van der Waals surface area contributed by atoms with Crippen LogP contribution in [0.5, 0.6) is 0 Å². The van der Waals surface area contributed by atoms with E-state index in [9.17, 15) is 0 Å². The lowest BCUT2D eigenvalue weighted by atomic mass is 10.1. The maximum absolute atomic E-state index is 4.91. The van der Waals surface area contributed by atoms with Crippen molar-refractivity contribution in [2.75, 3.05) is 18.0 Å². The van der Waals surface area contributed by atoms with Gasteiger partial charge in [-0.15, -0.1) is 11.3 Å². The Labute approximate surface area is 121 Å². The first-order valence-electron chi connectivity index (χ1n) is 7.67. The lowest BCUT2D eigenvalue weighted by Crippen LogP contribution is -2.29. The number of aryl methyl sites for hydroxylation is 1. The van der Waals surface area contributed by atoms with E-state index in [-0.39, 0.29) is 0 Å². The lowest BCUT2D eigenvalue weighted by Gasteiger charge is -2.25. The van der Waals surface area contributed by atoms with Crippen LogP contribution >= 0.6 is 11.3 Å². The van der Waals surface area contributed by atoms with Crippen LogP contribution in [-0.4, -0.2) is 24.1 Å². The van der Waals surface area contributed by atoms with E-state index in [1.54, 1.807) is 0 Å². The van der Waals surface area contributed by atoms with Crippen LogP contribution in [0.3, 0.4) is 0 Å². The predicted octanol–water partition coefficient (Wildman–Crippen LogP) is 3.58. The van der Waals surface area contributed by atoms with Gasteiger partial charge in [-0.05, 0) is 25.7 Å². The zero-order valence-electron chi connectivity index (χ0n) is 12.5. The molecule has 0 bridgehead atoms. The normalized spacial score (nSPS) is 16.3. The summed E-state index contributed by atoms with van der Waals surface area (Å²) in [5.41, 5.74) is 1.32. The number of hydrogen-bond acceptors (Lipinski definition) is 4. The number of aromatic nitrogens is 1. The van der Waals surface area contributed by atoms with Gasteiger partial charge in [0.15, 0.2) is 5.13 Å². The van der Waals surface area contributed by atoms with Crippen LogP contribution in [0.1, 0.15) is 57.0 Å². The van der Waals surface area contributed by atoms with E-state index in [2.05, 4.69) is 31.0 Å². The summed E-state index contributed by atoms with van der Waals surface area (Å²) in [6.45, 7) is 9.99. The number of anilines is 1. The third kappa shape index (κ3) is 4.18. The number of nitrogens with zero attached hydrogens (tertiary/aromatic N) is 2. The molecule has 0 saturated carbocycles. The number of thiazole rings is 1. The molecule has 1 fully saturated rings. The second-order valence-electron chi connectivity index (χ2n) is 5.70. The molecule has 1 aromatic heterocycles. The fourth-order valence-electron chi connectivity index (χ4n) is 2.46. The Kier molecular flexibility index (Phi) is 5.64. The molecule has 1 aliphatic rings. The van der Waals surface area contributed by atoms with Crippen molar-refractivity contribution in [1.82, 2.24) is 10.3 Å². The van der Waals surface area contributed by atoms with Gasteiger partial charge in [-0.2, -0.15) is 0 Å².